The summed E-state index contributed by atoms with van der Waals surface area (Å²) < 4.78 is 36.5. The first-order chi connectivity index (χ1) is 11.2. The van der Waals surface area contributed by atoms with Gasteiger partial charge < -0.3 is 9.47 Å². The summed E-state index contributed by atoms with van der Waals surface area (Å²) in [4.78, 5) is 13.8. The molecule has 2 rings (SSSR count). The summed E-state index contributed by atoms with van der Waals surface area (Å²) in [6.45, 7) is 5.07. The summed E-state index contributed by atoms with van der Waals surface area (Å²) >= 11 is 5.87. The van der Waals surface area contributed by atoms with E-state index in [9.17, 15) is 13.6 Å². The third-order valence-electron chi connectivity index (χ3n) is 3.61. The number of alkyl halides is 2. The van der Waals surface area contributed by atoms with Gasteiger partial charge in [0.1, 0.15) is 11.7 Å². The lowest BCUT2D eigenvalue weighted by Crippen LogP contribution is -2.55. The summed E-state index contributed by atoms with van der Waals surface area (Å²) in [5, 5.41) is 0.611. The Morgan fingerprint density at radius 1 is 1.38 bits per heavy atom. The van der Waals surface area contributed by atoms with E-state index in [0.29, 0.717) is 11.4 Å². The van der Waals surface area contributed by atoms with Gasteiger partial charge in [-0.25, -0.2) is 13.6 Å². The standard InChI is InChI=1S/C17H22ClF2NO3/c1-17(2,3)24-16(22)21-9-14(15(19)20)23-10-13(21)8-11-4-6-12(18)7-5-11/h4-7,13-15H,8-10H2,1-3H3. The van der Waals surface area contributed by atoms with Crippen LogP contribution in [0.2, 0.25) is 5.02 Å². The molecule has 1 aromatic carbocycles. The molecule has 1 saturated heterocycles. The molecule has 0 spiro atoms. The van der Waals surface area contributed by atoms with Crippen LogP contribution in [0.4, 0.5) is 13.6 Å². The van der Waals surface area contributed by atoms with Crippen molar-refractivity contribution in [2.45, 2.75) is 51.4 Å². The van der Waals surface area contributed by atoms with Gasteiger partial charge in [0.25, 0.3) is 6.43 Å². The third kappa shape index (κ3) is 5.31. The van der Waals surface area contributed by atoms with Crippen LogP contribution >= 0.6 is 11.6 Å². The predicted molar refractivity (Wildman–Crippen MR) is 87.6 cm³/mol. The van der Waals surface area contributed by atoms with Crippen LogP contribution in [0.15, 0.2) is 24.3 Å². The quantitative estimate of drug-likeness (QED) is 0.811. The van der Waals surface area contributed by atoms with Crippen molar-refractivity contribution in [2.24, 2.45) is 0 Å². The SMILES string of the molecule is CC(C)(C)OC(=O)N1CC(C(F)F)OCC1Cc1ccc(Cl)cc1. The topological polar surface area (TPSA) is 38.8 Å². The molecule has 2 atom stereocenters. The summed E-state index contributed by atoms with van der Waals surface area (Å²) in [5.74, 6) is 0. The zero-order valence-corrected chi connectivity index (χ0v) is 14.7. The first-order valence-corrected chi connectivity index (χ1v) is 8.17. The molecule has 1 aromatic rings. The number of hydrogen-bond donors (Lipinski definition) is 0. The van der Waals surface area contributed by atoms with Crippen molar-refractivity contribution in [3.05, 3.63) is 34.9 Å². The fraction of sp³-hybridized carbons (Fsp3) is 0.588. The van der Waals surface area contributed by atoms with E-state index in [0.717, 1.165) is 5.56 Å². The van der Waals surface area contributed by atoms with Crippen molar-refractivity contribution in [3.63, 3.8) is 0 Å². The third-order valence-corrected chi connectivity index (χ3v) is 3.87. The van der Waals surface area contributed by atoms with Crippen molar-refractivity contribution >= 4 is 17.7 Å². The molecule has 4 nitrogen and oxygen atoms in total. The van der Waals surface area contributed by atoms with Crippen LogP contribution in [0.1, 0.15) is 26.3 Å². The molecule has 2 unspecified atom stereocenters. The van der Waals surface area contributed by atoms with Gasteiger partial charge in [-0.15, -0.1) is 0 Å². The highest BCUT2D eigenvalue weighted by Gasteiger charge is 2.38. The van der Waals surface area contributed by atoms with Crippen LogP contribution in [0.25, 0.3) is 0 Å². The Kier molecular flexibility index (Phi) is 6.04. The van der Waals surface area contributed by atoms with Gasteiger partial charge in [-0.2, -0.15) is 0 Å². The largest absolute Gasteiger partial charge is 0.444 e. The minimum Gasteiger partial charge on any atom is -0.444 e. The second-order valence-electron chi connectivity index (χ2n) is 6.82. The van der Waals surface area contributed by atoms with Crippen molar-refractivity contribution in [1.29, 1.82) is 0 Å². The molecule has 1 aliphatic rings. The fourth-order valence-electron chi connectivity index (χ4n) is 2.48. The smallest absolute Gasteiger partial charge is 0.410 e. The Hall–Kier alpha value is -1.40. The molecule has 0 radical (unpaired) electrons. The van der Waals surface area contributed by atoms with Gasteiger partial charge in [-0.3, -0.25) is 4.90 Å². The lowest BCUT2D eigenvalue weighted by atomic mass is 10.0. The molecule has 7 heteroatoms. The molecule has 0 aliphatic carbocycles. The van der Waals surface area contributed by atoms with E-state index in [4.69, 9.17) is 21.1 Å². The molecule has 0 bridgehead atoms. The van der Waals surface area contributed by atoms with E-state index in [1.807, 2.05) is 12.1 Å². The number of rotatable bonds is 3. The van der Waals surface area contributed by atoms with Gasteiger partial charge in [0.2, 0.25) is 0 Å². The molecule has 0 N–H and O–H groups in total. The Labute approximate surface area is 145 Å². The number of hydrogen-bond acceptors (Lipinski definition) is 3. The van der Waals surface area contributed by atoms with Crippen molar-refractivity contribution in [1.82, 2.24) is 4.90 Å². The molecule has 1 heterocycles. The maximum absolute atomic E-state index is 13.0. The van der Waals surface area contributed by atoms with Crippen LogP contribution in [0, 0.1) is 0 Å². The number of carbonyl (C=O) groups is 1. The number of halogens is 3. The Balaban J connectivity index is 2.13. The minimum atomic E-state index is -2.65. The average Bonchev–Trinajstić information content (AvgIpc) is 2.48. The van der Waals surface area contributed by atoms with Gasteiger partial charge in [-0.1, -0.05) is 23.7 Å². The fourth-order valence-corrected chi connectivity index (χ4v) is 2.60. The molecular formula is C17H22ClF2NO3. The number of carbonyl (C=O) groups excluding carboxylic acids is 1. The second-order valence-corrected chi connectivity index (χ2v) is 7.26. The number of benzene rings is 1. The van der Waals surface area contributed by atoms with Crippen LogP contribution in [-0.4, -0.2) is 48.3 Å². The van der Waals surface area contributed by atoms with Crippen LogP contribution < -0.4 is 0 Å². The van der Waals surface area contributed by atoms with Crippen LogP contribution in [-0.2, 0) is 15.9 Å². The van der Waals surface area contributed by atoms with E-state index in [-0.39, 0.29) is 19.2 Å². The molecule has 0 saturated carbocycles. The minimum absolute atomic E-state index is 0.0386. The first-order valence-electron chi connectivity index (χ1n) is 7.79. The number of ether oxygens (including phenoxy) is 2. The molecular weight excluding hydrogens is 340 g/mol. The highest BCUT2D eigenvalue weighted by molar-refractivity contribution is 6.30. The lowest BCUT2D eigenvalue weighted by molar-refractivity contribution is -0.121. The predicted octanol–water partition coefficient (Wildman–Crippen LogP) is 4.15. The van der Waals surface area contributed by atoms with E-state index in [2.05, 4.69) is 0 Å². The van der Waals surface area contributed by atoms with Crippen molar-refractivity contribution < 1.29 is 23.0 Å². The van der Waals surface area contributed by atoms with Gasteiger partial charge in [0.05, 0.1) is 19.2 Å². The zero-order chi connectivity index (χ0) is 17.9. The normalized spacial score (nSPS) is 21.9. The zero-order valence-electron chi connectivity index (χ0n) is 14.0. The van der Waals surface area contributed by atoms with Crippen molar-refractivity contribution in [3.8, 4) is 0 Å². The summed E-state index contributed by atoms with van der Waals surface area (Å²) in [6, 6.07) is 6.82. The Morgan fingerprint density at radius 3 is 2.54 bits per heavy atom. The van der Waals surface area contributed by atoms with Gasteiger partial charge in [0, 0.05) is 5.02 Å². The molecule has 1 aliphatic heterocycles. The molecule has 1 fully saturated rings. The van der Waals surface area contributed by atoms with Gasteiger partial charge >= 0.3 is 6.09 Å². The van der Waals surface area contributed by atoms with Crippen molar-refractivity contribution in [2.75, 3.05) is 13.2 Å². The molecule has 24 heavy (non-hydrogen) atoms. The Bertz CT molecular complexity index is 560. The maximum atomic E-state index is 13.0. The van der Waals surface area contributed by atoms with Gasteiger partial charge in [0.15, 0.2) is 0 Å². The first kappa shape index (κ1) is 18.9. The average molecular weight is 362 g/mol. The molecule has 134 valence electrons. The highest BCUT2D eigenvalue weighted by atomic mass is 35.5. The van der Waals surface area contributed by atoms with Crippen LogP contribution in [0.3, 0.4) is 0 Å². The summed E-state index contributed by atoms with van der Waals surface area (Å²) in [5.41, 5.74) is 0.248. The monoisotopic (exact) mass is 361 g/mol. The van der Waals surface area contributed by atoms with E-state index in [1.54, 1.807) is 32.9 Å². The lowest BCUT2D eigenvalue weighted by Gasteiger charge is -2.40. The van der Waals surface area contributed by atoms with Gasteiger partial charge in [-0.05, 0) is 44.9 Å². The highest BCUT2D eigenvalue weighted by Crippen LogP contribution is 2.23. The molecule has 1 amide bonds. The summed E-state index contributed by atoms with van der Waals surface area (Å²) in [6.07, 6.45) is -4.06. The van der Waals surface area contributed by atoms with E-state index in [1.165, 1.54) is 4.90 Å². The Morgan fingerprint density at radius 2 is 2.00 bits per heavy atom. The number of morpholine rings is 1. The number of amides is 1. The molecule has 0 aromatic heterocycles. The second kappa shape index (κ2) is 7.66. The maximum Gasteiger partial charge on any atom is 0.410 e. The van der Waals surface area contributed by atoms with Crippen LogP contribution in [0.5, 0.6) is 0 Å². The van der Waals surface area contributed by atoms with E-state index >= 15 is 0 Å². The van der Waals surface area contributed by atoms with E-state index < -0.39 is 24.2 Å². The summed E-state index contributed by atoms with van der Waals surface area (Å²) in [7, 11) is 0. The number of nitrogens with zero attached hydrogens (tertiary/aromatic N) is 1.